The average molecular weight is 362 g/mol. The highest BCUT2D eigenvalue weighted by Crippen LogP contribution is 2.21. The van der Waals surface area contributed by atoms with E-state index in [1.54, 1.807) is 12.1 Å². The van der Waals surface area contributed by atoms with Crippen LogP contribution < -0.4 is 4.74 Å². The van der Waals surface area contributed by atoms with E-state index >= 15 is 0 Å². The molecule has 1 heterocycles. The molecule has 0 radical (unpaired) electrons. The molecule has 0 saturated carbocycles. The number of ether oxygens (including phenoxy) is 1. The van der Waals surface area contributed by atoms with Crippen LogP contribution in [-0.4, -0.2) is 4.98 Å². The van der Waals surface area contributed by atoms with E-state index in [1.807, 2.05) is 72.8 Å². The van der Waals surface area contributed by atoms with E-state index in [0.717, 1.165) is 28.0 Å². The standard InChI is InChI=1S/C22H16ClNO2/c23-18-9-12-21-20(14-18)24-22(26-21)13-8-16-6-10-19(11-7-16)25-15-17-4-2-1-3-5-17/h1-14H,15H2/b13-8+. The van der Waals surface area contributed by atoms with E-state index < -0.39 is 0 Å². The fourth-order valence-electron chi connectivity index (χ4n) is 2.57. The molecule has 3 nitrogen and oxygen atoms in total. The highest BCUT2D eigenvalue weighted by molar-refractivity contribution is 6.31. The molecule has 4 rings (SSSR count). The highest BCUT2D eigenvalue weighted by atomic mass is 35.5. The third kappa shape index (κ3) is 3.95. The third-order valence-electron chi connectivity index (χ3n) is 3.91. The van der Waals surface area contributed by atoms with Gasteiger partial charge in [0.25, 0.3) is 0 Å². The molecule has 0 saturated heterocycles. The van der Waals surface area contributed by atoms with E-state index in [4.69, 9.17) is 20.8 Å². The molecule has 0 aliphatic carbocycles. The van der Waals surface area contributed by atoms with Crippen molar-refractivity contribution < 1.29 is 9.15 Å². The summed E-state index contributed by atoms with van der Waals surface area (Å²) in [7, 11) is 0. The summed E-state index contributed by atoms with van der Waals surface area (Å²) in [6.07, 6.45) is 3.79. The van der Waals surface area contributed by atoms with Gasteiger partial charge in [-0.3, -0.25) is 0 Å². The molecule has 0 aliphatic rings. The molecule has 0 spiro atoms. The molecule has 3 aromatic carbocycles. The van der Waals surface area contributed by atoms with Gasteiger partial charge in [-0.05, 0) is 47.5 Å². The summed E-state index contributed by atoms with van der Waals surface area (Å²) >= 11 is 5.97. The molecule has 0 bridgehead atoms. The maximum atomic E-state index is 5.97. The Morgan fingerprint density at radius 1 is 0.923 bits per heavy atom. The number of rotatable bonds is 5. The molecule has 1 aromatic heterocycles. The van der Waals surface area contributed by atoms with E-state index in [1.165, 1.54) is 0 Å². The van der Waals surface area contributed by atoms with E-state index in [0.29, 0.717) is 17.5 Å². The van der Waals surface area contributed by atoms with Crippen LogP contribution in [0.3, 0.4) is 0 Å². The van der Waals surface area contributed by atoms with Gasteiger partial charge in [0.1, 0.15) is 17.9 Å². The lowest BCUT2D eigenvalue weighted by atomic mass is 10.2. The molecule has 0 unspecified atom stereocenters. The van der Waals surface area contributed by atoms with Crippen molar-refractivity contribution in [3.63, 3.8) is 0 Å². The first-order valence-electron chi connectivity index (χ1n) is 8.27. The van der Waals surface area contributed by atoms with Gasteiger partial charge in [-0.2, -0.15) is 0 Å². The molecular weight excluding hydrogens is 346 g/mol. The minimum atomic E-state index is 0.548. The van der Waals surface area contributed by atoms with Gasteiger partial charge < -0.3 is 9.15 Å². The molecule has 4 aromatic rings. The van der Waals surface area contributed by atoms with Crippen LogP contribution in [0, 0.1) is 0 Å². The van der Waals surface area contributed by atoms with Gasteiger partial charge in [0.2, 0.25) is 5.89 Å². The largest absolute Gasteiger partial charge is 0.489 e. The Morgan fingerprint density at radius 2 is 1.73 bits per heavy atom. The number of nitrogens with zero attached hydrogens (tertiary/aromatic N) is 1. The van der Waals surface area contributed by atoms with Crippen molar-refractivity contribution >= 4 is 34.9 Å². The molecule has 0 aliphatic heterocycles. The molecule has 128 valence electrons. The first-order chi connectivity index (χ1) is 12.8. The second-order valence-corrected chi connectivity index (χ2v) is 6.28. The smallest absolute Gasteiger partial charge is 0.220 e. The van der Waals surface area contributed by atoms with Crippen LogP contribution in [0.5, 0.6) is 5.75 Å². The predicted octanol–water partition coefficient (Wildman–Crippen LogP) is 6.23. The Bertz CT molecular complexity index is 1040. The van der Waals surface area contributed by atoms with Crippen LogP contribution in [0.4, 0.5) is 0 Å². The minimum Gasteiger partial charge on any atom is -0.489 e. The fraction of sp³-hybridized carbons (Fsp3) is 0.0455. The van der Waals surface area contributed by atoms with Crippen molar-refractivity contribution in [3.05, 3.63) is 94.8 Å². The maximum absolute atomic E-state index is 5.97. The number of halogens is 1. The SMILES string of the molecule is Clc1ccc2oc(/C=C/c3ccc(OCc4ccccc4)cc3)nc2c1. The first-order valence-corrected chi connectivity index (χ1v) is 8.65. The second-order valence-electron chi connectivity index (χ2n) is 5.84. The van der Waals surface area contributed by atoms with Gasteiger partial charge in [0.15, 0.2) is 5.58 Å². The average Bonchev–Trinajstić information content (AvgIpc) is 3.08. The number of benzene rings is 3. The lowest BCUT2D eigenvalue weighted by molar-refractivity contribution is 0.306. The summed E-state index contributed by atoms with van der Waals surface area (Å²) in [6.45, 7) is 0.557. The van der Waals surface area contributed by atoms with Crippen molar-refractivity contribution in [2.24, 2.45) is 0 Å². The summed E-state index contributed by atoms with van der Waals surface area (Å²) in [5, 5.41) is 0.646. The summed E-state index contributed by atoms with van der Waals surface area (Å²) in [4.78, 5) is 4.41. The van der Waals surface area contributed by atoms with E-state index in [-0.39, 0.29) is 0 Å². The molecule has 0 fully saturated rings. The quantitative estimate of drug-likeness (QED) is 0.422. The molecule has 0 amide bonds. The Hall–Kier alpha value is -3.04. The molecular formula is C22H16ClNO2. The first kappa shape index (κ1) is 16.4. The summed E-state index contributed by atoms with van der Waals surface area (Å²) in [6, 6.07) is 23.4. The normalized spacial score (nSPS) is 11.3. The van der Waals surface area contributed by atoms with Crippen LogP contribution in [0.1, 0.15) is 17.0 Å². The van der Waals surface area contributed by atoms with Gasteiger partial charge in [-0.25, -0.2) is 4.98 Å². The van der Waals surface area contributed by atoms with Crippen LogP contribution >= 0.6 is 11.6 Å². The number of hydrogen-bond donors (Lipinski definition) is 0. The van der Waals surface area contributed by atoms with Gasteiger partial charge in [-0.1, -0.05) is 54.1 Å². The van der Waals surface area contributed by atoms with E-state index in [9.17, 15) is 0 Å². The van der Waals surface area contributed by atoms with Gasteiger partial charge >= 0.3 is 0 Å². The zero-order valence-electron chi connectivity index (χ0n) is 13.9. The molecule has 4 heteroatoms. The van der Waals surface area contributed by atoms with Crippen molar-refractivity contribution in [1.82, 2.24) is 4.98 Å². The lowest BCUT2D eigenvalue weighted by Gasteiger charge is -2.06. The fourth-order valence-corrected chi connectivity index (χ4v) is 2.74. The molecule has 26 heavy (non-hydrogen) atoms. The zero-order valence-corrected chi connectivity index (χ0v) is 14.7. The van der Waals surface area contributed by atoms with Crippen molar-refractivity contribution in [1.29, 1.82) is 0 Å². The number of aromatic nitrogens is 1. The monoisotopic (exact) mass is 361 g/mol. The highest BCUT2D eigenvalue weighted by Gasteiger charge is 2.03. The molecule has 0 N–H and O–H groups in total. The van der Waals surface area contributed by atoms with Crippen molar-refractivity contribution in [3.8, 4) is 5.75 Å². The lowest BCUT2D eigenvalue weighted by Crippen LogP contribution is -1.94. The van der Waals surface area contributed by atoms with Gasteiger partial charge in [-0.15, -0.1) is 0 Å². The summed E-state index contributed by atoms with van der Waals surface area (Å²) in [5.41, 5.74) is 3.66. The van der Waals surface area contributed by atoms with Gasteiger partial charge in [0.05, 0.1) is 0 Å². The maximum Gasteiger partial charge on any atom is 0.220 e. The second kappa shape index (κ2) is 7.46. The summed E-state index contributed by atoms with van der Waals surface area (Å²) < 4.78 is 11.5. The van der Waals surface area contributed by atoms with Crippen molar-refractivity contribution in [2.75, 3.05) is 0 Å². The number of oxazole rings is 1. The van der Waals surface area contributed by atoms with Crippen molar-refractivity contribution in [2.45, 2.75) is 6.61 Å². The van der Waals surface area contributed by atoms with Crippen LogP contribution in [0.25, 0.3) is 23.3 Å². The molecule has 0 atom stereocenters. The Balaban J connectivity index is 1.42. The number of hydrogen-bond acceptors (Lipinski definition) is 3. The van der Waals surface area contributed by atoms with E-state index in [2.05, 4.69) is 4.98 Å². The van der Waals surface area contributed by atoms with Crippen LogP contribution in [0.15, 0.2) is 77.2 Å². The summed E-state index contributed by atoms with van der Waals surface area (Å²) in [5.74, 6) is 1.38. The third-order valence-corrected chi connectivity index (χ3v) is 4.15. The zero-order chi connectivity index (χ0) is 17.8. The number of fused-ring (bicyclic) bond motifs is 1. The Labute approximate surface area is 156 Å². The Morgan fingerprint density at radius 3 is 2.54 bits per heavy atom. The topological polar surface area (TPSA) is 35.3 Å². The minimum absolute atomic E-state index is 0.548. The van der Waals surface area contributed by atoms with Crippen LogP contribution in [0.2, 0.25) is 5.02 Å². The Kier molecular flexibility index (Phi) is 4.71. The predicted molar refractivity (Wildman–Crippen MR) is 105 cm³/mol. The van der Waals surface area contributed by atoms with Crippen LogP contribution in [-0.2, 0) is 6.61 Å². The van der Waals surface area contributed by atoms with Gasteiger partial charge in [0, 0.05) is 11.1 Å².